The highest BCUT2D eigenvalue weighted by atomic mass is 79.9. The highest BCUT2D eigenvalue weighted by Gasteiger charge is 2.24. The highest BCUT2D eigenvalue weighted by molar-refractivity contribution is 8.93. The molecule has 110 valence electrons. The maximum atomic E-state index is 5.98. The first-order valence-electron chi connectivity index (χ1n) is 6.26. The fourth-order valence-electron chi connectivity index (χ4n) is 2.06. The molecule has 0 saturated heterocycles. The number of aliphatic imine (C=N–C) groups is 2. The van der Waals surface area contributed by atoms with Crippen molar-refractivity contribution < 1.29 is 4.74 Å². The zero-order chi connectivity index (χ0) is 13.8. The lowest BCUT2D eigenvalue weighted by atomic mass is 10.2. The van der Waals surface area contributed by atoms with E-state index in [4.69, 9.17) is 16.2 Å². The van der Waals surface area contributed by atoms with Crippen molar-refractivity contribution in [1.82, 2.24) is 0 Å². The molecule has 1 aromatic rings. The molecule has 0 spiro atoms. The number of halogens is 1. The molecular weight excluding hydrogens is 322 g/mol. The van der Waals surface area contributed by atoms with Crippen LogP contribution < -0.4 is 21.1 Å². The van der Waals surface area contributed by atoms with E-state index < -0.39 is 0 Å². The number of ether oxygens (including phenoxy) is 1. The van der Waals surface area contributed by atoms with Gasteiger partial charge in [0.15, 0.2) is 0 Å². The van der Waals surface area contributed by atoms with Gasteiger partial charge in [0, 0.05) is 5.69 Å². The van der Waals surface area contributed by atoms with Gasteiger partial charge in [-0.15, -0.1) is 17.0 Å². The summed E-state index contributed by atoms with van der Waals surface area (Å²) in [6.45, 7) is 2.10. The predicted octanol–water partition coefficient (Wildman–Crippen LogP) is 1.85. The molecule has 1 unspecified atom stereocenters. The van der Waals surface area contributed by atoms with Gasteiger partial charge in [0.1, 0.15) is 11.9 Å². The van der Waals surface area contributed by atoms with E-state index in [1.165, 1.54) is 0 Å². The van der Waals surface area contributed by atoms with Crippen molar-refractivity contribution in [3.8, 4) is 5.75 Å². The minimum Gasteiger partial charge on any atom is -0.497 e. The molecule has 20 heavy (non-hydrogen) atoms. The predicted molar refractivity (Wildman–Crippen MR) is 87.7 cm³/mol. The standard InChI is InChI=1S/C13H19N5O.BrH/c1-3-4-11-16-12(14)17-13(15)18(11)9-5-7-10(19-2)8-6-9;/h5-8,11H,3-4H2,1-2H3,(H4,14,15,16,17);1H. The SMILES string of the molecule is Br.CCCC1N=C(N)N=C(N)N1c1ccc(OC)cc1. The number of hydrogen-bond acceptors (Lipinski definition) is 6. The molecule has 0 fully saturated rings. The lowest BCUT2D eigenvalue weighted by Gasteiger charge is -2.32. The summed E-state index contributed by atoms with van der Waals surface area (Å²) in [5.41, 5.74) is 12.6. The van der Waals surface area contributed by atoms with Gasteiger partial charge in [0.05, 0.1) is 7.11 Å². The monoisotopic (exact) mass is 341 g/mol. The smallest absolute Gasteiger partial charge is 0.220 e. The second kappa shape index (κ2) is 7.14. The van der Waals surface area contributed by atoms with E-state index >= 15 is 0 Å². The Hall–Kier alpha value is -1.76. The van der Waals surface area contributed by atoms with E-state index in [1.54, 1.807) is 7.11 Å². The molecule has 0 aliphatic carbocycles. The minimum absolute atomic E-state index is 0. The van der Waals surface area contributed by atoms with E-state index in [1.807, 2.05) is 29.2 Å². The third kappa shape index (κ3) is 3.41. The van der Waals surface area contributed by atoms with Crippen LogP contribution in [0.4, 0.5) is 5.69 Å². The second-order valence-electron chi connectivity index (χ2n) is 4.29. The molecule has 0 bridgehead atoms. The first kappa shape index (κ1) is 16.3. The van der Waals surface area contributed by atoms with E-state index in [0.717, 1.165) is 24.3 Å². The topological polar surface area (TPSA) is 89.2 Å². The Morgan fingerprint density at radius 1 is 1.25 bits per heavy atom. The van der Waals surface area contributed by atoms with E-state index in [9.17, 15) is 0 Å². The summed E-state index contributed by atoms with van der Waals surface area (Å²) in [5, 5.41) is 0. The van der Waals surface area contributed by atoms with Crippen LogP contribution in [0.2, 0.25) is 0 Å². The van der Waals surface area contributed by atoms with Crippen LogP contribution in [0.15, 0.2) is 34.3 Å². The Bertz CT molecular complexity index is 500. The lowest BCUT2D eigenvalue weighted by Crippen LogP contribution is -2.48. The van der Waals surface area contributed by atoms with Gasteiger partial charge in [-0.05, 0) is 30.7 Å². The molecule has 4 N–H and O–H groups in total. The van der Waals surface area contributed by atoms with Gasteiger partial charge in [0.2, 0.25) is 11.9 Å². The summed E-state index contributed by atoms with van der Waals surface area (Å²) >= 11 is 0. The minimum atomic E-state index is -0.101. The van der Waals surface area contributed by atoms with Crippen molar-refractivity contribution in [2.24, 2.45) is 21.5 Å². The van der Waals surface area contributed by atoms with Crippen LogP contribution in [-0.4, -0.2) is 25.2 Å². The van der Waals surface area contributed by atoms with Gasteiger partial charge in [-0.3, -0.25) is 4.90 Å². The van der Waals surface area contributed by atoms with Gasteiger partial charge < -0.3 is 16.2 Å². The molecule has 2 rings (SSSR count). The van der Waals surface area contributed by atoms with E-state index in [-0.39, 0.29) is 29.1 Å². The average Bonchev–Trinajstić information content (AvgIpc) is 2.39. The molecule has 7 heteroatoms. The summed E-state index contributed by atoms with van der Waals surface area (Å²) in [6.07, 6.45) is 1.75. The van der Waals surface area contributed by atoms with Crippen molar-refractivity contribution in [1.29, 1.82) is 0 Å². The van der Waals surface area contributed by atoms with Crippen LogP contribution in [-0.2, 0) is 0 Å². The van der Waals surface area contributed by atoms with Crippen LogP contribution in [0.25, 0.3) is 0 Å². The molecule has 0 amide bonds. The van der Waals surface area contributed by atoms with Crippen LogP contribution in [0.3, 0.4) is 0 Å². The van der Waals surface area contributed by atoms with Crippen molar-refractivity contribution in [3.63, 3.8) is 0 Å². The van der Waals surface area contributed by atoms with Crippen molar-refractivity contribution >= 4 is 34.6 Å². The third-order valence-corrected chi connectivity index (χ3v) is 2.95. The molecular formula is C13H20BrN5O. The first-order chi connectivity index (χ1) is 9.15. The molecule has 1 atom stereocenters. The molecule has 0 saturated carbocycles. The van der Waals surface area contributed by atoms with E-state index in [0.29, 0.717) is 5.96 Å². The maximum absolute atomic E-state index is 5.98. The summed E-state index contributed by atoms with van der Waals surface area (Å²) in [7, 11) is 1.64. The number of nitrogens with zero attached hydrogens (tertiary/aromatic N) is 3. The number of nitrogens with two attached hydrogens (primary N) is 2. The Morgan fingerprint density at radius 3 is 2.45 bits per heavy atom. The number of methoxy groups -OCH3 is 1. The number of hydrogen-bond donors (Lipinski definition) is 2. The molecule has 6 nitrogen and oxygen atoms in total. The van der Waals surface area contributed by atoms with Gasteiger partial charge >= 0.3 is 0 Å². The fraction of sp³-hybridized carbons (Fsp3) is 0.385. The van der Waals surface area contributed by atoms with Crippen LogP contribution in [0.1, 0.15) is 19.8 Å². The van der Waals surface area contributed by atoms with Crippen LogP contribution >= 0.6 is 17.0 Å². The normalized spacial score (nSPS) is 17.9. The quantitative estimate of drug-likeness (QED) is 0.874. The van der Waals surface area contributed by atoms with Crippen LogP contribution in [0.5, 0.6) is 5.75 Å². The van der Waals surface area contributed by atoms with Gasteiger partial charge in [-0.1, -0.05) is 13.3 Å². The summed E-state index contributed by atoms with van der Waals surface area (Å²) in [5.74, 6) is 1.41. The number of anilines is 1. The summed E-state index contributed by atoms with van der Waals surface area (Å²) in [4.78, 5) is 10.3. The number of benzene rings is 1. The molecule has 1 heterocycles. The maximum Gasteiger partial charge on any atom is 0.220 e. The largest absolute Gasteiger partial charge is 0.497 e. The molecule has 0 radical (unpaired) electrons. The fourth-order valence-corrected chi connectivity index (χ4v) is 2.06. The Labute approximate surface area is 129 Å². The van der Waals surface area contributed by atoms with Crippen LogP contribution in [0, 0.1) is 0 Å². The zero-order valence-electron chi connectivity index (χ0n) is 11.6. The Balaban J connectivity index is 0.00000200. The lowest BCUT2D eigenvalue weighted by molar-refractivity contribution is 0.415. The molecule has 1 aliphatic heterocycles. The third-order valence-electron chi connectivity index (χ3n) is 2.95. The highest BCUT2D eigenvalue weighted by Crippen LogP contribution is 2.24. The molecule has 1 aliphatic rings. The van der Waals surface area contributed by atoms with Crippen molar-refractivity contribution in [2.45, 2.75) is 25.9 Å². The van der Waals surface area contributed by atoms with Crippen molar-refractivity contribution in [2.75, 3.05) is 12.0 Å². The number of rotatable bonds is 4. The molecule has 0 aromatic heterocycles. The molecule has 1 aromatic carbocycles. The summed E-state index contributed by atoms with van der Waals surface area (Å²) < 4.78 is 5.15. The second-order valence-corrected chi connectivity index (χ2v) is 4.29. The zero-order valence-corrected chi connectivity index (χ0v) is 13.3. The Morgan fingerprint density at radius 2 is 1.90 bits per heavy atom. The van der Waals surface area contributed by atoms with Gasteiger partial charge in [0.25, 0.3) is 0 Å². The van der Waals surface area contributed by atoms with Crippen molar-refractivity contribution in [3.05, 3.63) is 24.3 Å². The Kier molecular flexibility index (Phi) is 5.82. The van der Waals surface area contributed by atoms with Gasteiger partial charge in [-0.25, -0.2) is 4.99 Å². The average molecular weight is 342 g/mol. The first-order valence-corrected chi connectivity index (χ1v) is 6.26. The van der Waals surface area contributed by atoms with Gasteiger partial charge in [-0.2, -0.15) is 4.99 Å². The summed E-state index contributed by atoms with van der Waals surface area (Å²) in [6, 6.07) is 7.63. The number of guanidine groups is 2. The van der Waals surface area contributed by atoms with E-state index in [2.05, 4.69) is 16.9 Å².